The molecular weight excluding hydrogens is 249 g/mol. The molecule has 3 nitrogen and oxygen atoms in total. The Balaban J connectivity index is 2.59. The normalized spacial score (nSPS) is 23.5. The largest absolute Gasteiger partial charge is 0.463 e. The zero-order valence-corrected chi connectivity index (χ0v) is 8.98. The zero-order valence-electron chi connectivity index (χ0n) is 8.98. The summed E-state index contributed by atoms with van der Waals surface area (Å²) in [5.74, 6) is -7.91. The molecule has 0 aromatic carbocycles. The zero-order chi connectivity index (χ0) is 13.3. The molecule has 2 atom stereocenters. The van der Waals surface area contributed by atoms with Crippen LogP contribution in [-0.4, -0.2) is 37.3 Å². The van der Waals surface area contributed by atoms with E-state index in [4.69, 9.17) is 4.74 Å². The van der Waals surface area contributed by atoms with Crippen LogP contribution in [0.1, 0.15) is 13.3 Å². The minimum absolute atomic E-state index is 0.233. The Hall–Kier alpha value is -0.920. The number of hydrogen-bond donors (Lipinski definition) is 1. The Morgan fingerprint density at radius 3 is 2.35 bits per heavy atom. The summed E-state index contributed by atoms with van der Waals surface area (Å²) in [5, 5.41) is 1.68. The van der Waals surface area contributed by atoms with Crippen LogP contribution < -0.4 is 5.32 Å². The summed E-state index contributed by atoms with van der Waals surface area (Å²) in [6.07, 6.45) is -5.35. The van der Waals surface area contributed by atoms with Gasteiger partial charge in [-0.3, -0.25) is 4.79 Å². The average molecular weight is 261 g/mol. The lowest BCUT2D eigenvalue weighted by Crippen LogP contribution is -2.53. The molecule has 2 unspecified atom stereocenters. The van der Waals surface area contributed by atoms with E-state index in [0.29, 0.717) is 13.0 Å². The van der Waals surface area contributed by atoms with Crippen molar-refractivity contribution in [3.8, 4) is 0 Å². The number of halogens is 5. The van der Waals surface area contributed by atoms with Crippen molar-refractivity contribution < 1.29 is 31.5 Å². The lowest BCUT2D eigenvalue weighted by molar-refractivity contribution is -0.270. The van der Waals surface area contributed by atoms with Crippen molar-refractivity contribution >= 4 is 5.91 Å². The van der Waals surface area contributed by atoms with Crippen LogP contribution in [0.15, 0.2) is 0 Å². The molecule has 0 radical (unpaired) electrons. The highest BCUT2D eigenvalue weighted by atomic mass is 19.4. The Morgan fingerprint density at radius 2 is 1.94 bits per heavy atom. The molecule has 0 bridgehead atoms. The van der Waals surface area contributed by atoms with Crippen molar-refractivity contribution in [1.82, 2.24) is 5.32 Å². The van der Waals surface area contributed by atoms with Crippen LogP contribution in [0, 0.1) is 5.92 Å². The van der Waals surface area contributed by atoms with Crippen LogP contribution in [0.25, 0.3) is 0 Å². The SMILES string of the molecule is CC(NC(=O)C(F)(F)C(F)(F)F)C1CCOC1. The third kappa shape index (κ3) is 3.05. The predicted molar refractivity (Wildman–Crippen MR) is 47.5 cm³/mol. The Morgan fingerprint density at radius 1 is 1.35 bits per heavy atom. The number of carbonyl (C=O) groups is 1. The highest BCUT2D eigenvalue weighted by Crippen LogP contribution is 2.35. The van der Waals surface area contributed by atoms with Gasteiger partial charge in [-0.15, -0.1) is 0 Å². The third-order valence-electron chi connectivity index (χ3n) is 2.67. The minimum Gasteiger partial charge on any atom is -0.381 e. The molecule has 1 fully saturated rings. The van der Waals surface area contributed by atoms with E-state index in [1.54, 1.807) is 5.32 Å². The quantitative estimate of drug-likeness (QED) is 0.786. The number of hydrogen-bond acceptors (Lipinski definition) is 2. The Labute approximate surface area is 94.3 Å². The number of ether oxygens (including phenoxy) is 1. The van der Waals surface area contributed by atoms with Crippen molar-refractivity contribution in [1.29, 1.82) is 0 Å². The van der Waals surface area contributed by atoms with Gasteiger partial charge in [-0.25, -0.2) is 0 Å². The molecule has 8 heteroatoms. The second-order valence-electron chi connectivity index (χ2n) is 3.96. The summed E-state index contributed by atoms with van der Waals surface area (Å²) in [6, 6.07) is -0.779. The van der Waals surface area contributed by atoms with Crippen molar-refractivity contribution in [2.75, 3.05) is 13.2 Å². The van der Waals surface area contributed by atoms with Crippen LogP contribution in [0.4, 0.5) is 22.0 Å². The first-order valence-corrected chi connectivity index (χ1v) is 4.99. The van der Waals surface area contributed by atoms with E-state index in [-0.39, 0.29) is 12.5 Å². The molecule has 0 aliphatic carbocycles. The fourth-order valence-corrected chi connectivity index (χ4v) is 1.49. The van der Waals surface area contributed by atoms with Gasteiger partial charge >= 0.3 is 18.0 Å². The highest BCUT2D eigenvalue weighted by molar-refractivity contribution is 5.84. The molecule has 1 amide bonds. The first-order chi connectivity index (χ1) is 7.66. The molecule has 1 N–H and O–H groups in total. The number of alkyl halides is 5. The predicted octanol–water partition coefficient (Wildman–Crippen LogP) is 1.73. The summed E-state index contributed by atoms with van der Waals surface area (Å²) >= 11 is 0. The molecule has 0 saturated carbocycles. The summed E-state index contributed by atoms with van der Waals surface area (Å²) in [4.78, 5) is 10.9. The van der Waals surface area contributed by atoms with E-state index in [2.05, 4.69) is 0 Å². The number of rotatable bonds is 3. The van der Waals surface area contributed by atoms with Crippen molar-refractivity contribution in [3.63, 3.8) is 0 Å². The second kappa shape index (κ2) is 4.75. The first kappa shape index (κ1) is 14.1. The Kier molecular flexibility index (Phi) is 3.95. The molecule has 1 aliphatic rings. The van der Waals surface area contributed by atoms with Crippen LogP contribution in [0.3, 0.4) is 0 Å². The van der Waals surface area contributed by atoms with Gasteiger partial charge in [0.05, 0.1) is 6.61 Å². The van der Waals surface area contributed by atoms with Gasteiger partial charge < -0.3 is 10.1 Å². The first-order valence-electron chi connectivity index (χ1n) is 4.99. The maximum absolute atomic E-state index is 12.6. The van der Waals surface area contributed by atoms with E-state index >= 15 is 0 Å². The van der Waals surface area contributed by atoms with Crippen LogP contribution >= 0.6 is 0 Å². The van der Waals surface area contributed by atoms with E-state index in [0.717, 1.165) is 0 Å². The molecule has 0 aromatic heterocycles. The van der Waals surface area contributed by atoms with Gasteiger partial charge in [0.1, 0.15) is 0 Å². The molecule has 100 valence electrons. The summed E-state index contributed by atoms with van der Waals surface area (Å²) < 4.78 is 65.8. The monoisotopic (exact) mass is 261 g/mol. The lowest BCUT2D eigenvalue weighted by Gasteiger charge is -2.24. The van der Waals surface area contributed by atoms with Gasteiger partial charge in [0.15, 0.2) is 0 Å². The maximum Gasteiger partial charge on any atom is 0.463 e. The molecule has 17 heavy (non-hydrogen) atoms. The Bertz CT molecular complexity index is 286. The summed E-state index contributed by atoms with van der Waals surface area (Å²) in [6.45, 7) is 2.04. The fraction of sp³-hybridized carbons (Fsp3) is 0.889. The topological polar surface area (TPSA) is 38.3 Å². The van der Waals surface area contributed by atoms with Gasteiger partial charge in [-0.1, -0.05) is 0 Å². The van der Waals surface area contributed by atoms with Gasteiger partial charge in [0.2, 0.25) is 0 Å². The van der Waals surface area contributed by atoms with Gasteiger partial charge in [0.25, 0.3) is 0 Å². The van der Waals surface area contributed by atoms with Crippen LogP contribution in [-0.2, 0) is 9.53 Å². The number of carbonyl (C=O) groups excluding carboxylic acids is 1. The van der Waals surface area contributed by atoms with Gasteiger partial charge in [-0.05, 0) is 13.3 Å². The van der Waals surface area contributed by atoms with E-state index in [1.165, 1.54) is 6.92 Å². The molecule has 0 aromatic rings. The standard InChI is InChI=1S/C9H12F5NO2/c1-5(6-2-3-17-4-6)15-7(16)8(10,11)9(12,13)14/h5-6H,2-4H2,1H3,(H,15,16). The lowest BCUT2D eigenvalue weighted by atomic mass is 10.0. The van der Waals surface area contributed by atoms with Crippen LogP contribution in [0.5, 0.6) is 0 Å². The number of nitrogens with one attached hydrogen (secondary N) is 1. The van der Waals surface area contributed by atoms with E-state index in [1.807, 2.05) is 0 Å². The minimum atomic E-state index is -5.87. The smallest absolute Gasteiger partial charge is 0.381 e. The maximum atomic E-state index is 12.6. The fourth-order valence-electron chi connectivity index (χ4n) is 1.49. The molecular formula is C9H12F5NO2. The second-order valence-corrected chi connectivity index (χ2v) is 3.96. The van der Waals surface area contributed by atoms with Crippen molar-refractivity contribution in [2.24, 2.45) is 5.92 Å². The van der Waals surface area contributed by atoms with Gasteiger partial charge in [0, 0.05) is 18.6 Å². The molecule has 1 heterocycles. The summed E-state index contributed by atoms with van der Waals surface area (Å²) in [7, 11) is 0. The highest BCUT2D eigenvalue weighted by Gasteiger charge is 2.63. The van der Waals surface area contributed by atoms with Gasteiger partial charge in [-0.2, -0.15) is 22.0 Å². The molecule has 1 rings (SSSR count). The van der Waals surface area contributed by atoms with Crippen molar-refractivity contribution in [3.05, 3.63) is 0 Å². The number of amides is 1. The third-order valence-corrected chi connectivity index (χ3v) is 2.67. The van der Waals surface area contributed by atoms with E-state index < -0.39 is 24.0 Å². The van der Waals surface area contributed by atoms with Crippen molar-refractivity contribution in [2.45, 2.75) is 31.5 Å². The molecule has 1 aliphatic heterocycles. The molecule has 1 saturated heterocycles. The molecule has 0 spiro atoms. The van der Waals surface area contributed by atoms with E-state index in [9.17, 15) is 26.7 Å². The van der Waals surface area contributed by atoms with Crippen LogP contribution in [0.2, 0.25) is 0 Å². The average Bonchev–Trinajstić information content (AvgIpc) is 2.68. The summed E-state index contributed by atoms with van der Waals surface area (Å²) in [5.41, 5.74) is 0.